The molecule has 0 unspecified atom stereocenters. The topological polar surface area (TPSA) is 49.3 Å². The highest BCUT2D eigenvalue weighted by atomic mass is 35.5. The van der Waals surface area contributed by atoms with Gasteiger partial charge in [-0.3, -0.25) is 4.79 Å². The third-order valence-electron chi connectivity index (χ3n) is 2.32. The molecule has 1 aromatic carbocycles. The number of nitrogens with one attached hydrogen (secondary N) is 1. The average Bonchev–Trinajstić information content (AvgIpc) is 2.22. The number of carboxylic acids is 1. The van der Waals surface area contributed by atoms with Crippen LogP contribution in [-0.2, 0) is 4.79 Å². The van der Waals surface area contributed by atoms with Crippen LogP contribution in [-0.4, -0.2) is 17.6 Å². The number of aryl methyl sites for hydroxylation is 1. The molecule has 0 atom stereocenters. The Morgan fingerprint density at radius 3 is 2.81 bits per heavy atom. The van der Waals surface area contributed by atoms with Crippen LogP contribution in [0.2, 0.25) is 5.02 Å². The molecule has 0 saturated carbocycles. The van der Waals surface area contributed by atoms with Gasteiger partial charge in [0.05, 0.1) is 0 Å². The molecular weight excluding hydrogens is 226 g/mol. The monoisotopic (exact) mass is 241 g/mol. The summed E-state index contributed by atoms with van der Waals surface area (Å²) in [6.45, 7) is 2.73. The van der Waals surface area contributed by atoms with Crippen molar-refractivity contribution in [3.8, 4) is 0 Å². The fourth-order valence-corrected chi connectivity index (χ4v) is 1.52. The fraction of sp³-hybridized carbons (Fsp3) is 0.417. The molecular formula is C12H16ClNO2. The molecule has 16 heavy (non-hydrogen) atoms. The molecule has 2 N–H and O–H groups in total. The van der Waals surface area contributed by atoms with Crippen LogP contribution in [0.15, 0.2) is 18.2 Å². The summed E-state index contributed by atoms with van der Waals surface area (Å²) in [6, 6.07) is 5.81. The number of halogens is 1. The highest BCUT2D eigenvalue weighted by molar-refractivity contribution is 6.31. The maximum Gasteiger partial charge on any atom is 0.303 e. The first-order valence-electron chi connectivity index (χ1n) is 5.31. The highest BCUT2D eigenvalue weighted by Crippen LogP contribution is 2.19. The van der Waals surface area contributed by atoms with Gasteiger partial charge in [-0.15, -0.1) is 0 Å². The molecule has 0 amide bonds. The van der Waals surface area contributed by atoms with Crippen LogP contribution < -0.4 is 5.32 Å². The van der Waals surface area contributed by atoms with E-state index in [-0.39, 0.29) is 6.42 Å². The summed E-state index contributed by atoms with van der Waals surface area (Å²) in [5, 5.41) is 12.4. The van der Waals surface area contributed by atoms with E-state index in [0.717, 1.165) is 29.2 Å². The third-order valence-corrected chi connectivity index (χ3v) is 2.73. The maximum atomic E-state index is 10.3. The van der Waals surface area contributed by atoms with E-state index in [0.29, 0.717) is 6.42 Å². The van der Waals surface area contributed by atoms with Crippen molar-refractivity contribution in [2.24, 2.45) is 0 Å². The molecule has 0 spiro atoms. The van der Waals surface area contributed by atoms with E-state index in [4.69, 9.17) is 16.7 Å². The first-order chi connectivity index (χ1) is 7.59. The van der Waals surface area contributed by atoms with Crippen molar-refractivity contribution in [2.45, 2.75) is 26.2 Å². The predicted molar refractivity (Wildman–Crippen MR) is 66.2 cm³/mol. The van der Waals surface area contributed by atoms with E-state index in [2.05, 4.69) is 5.32 Å². The molecule has 88 valence electrons. The number of anilines is 1. The molecule has 0 saturated heterocycles. The van der Waals surface area contributed by atoms with E-state index >= 15 is 0 Å². The van der Waals surface area contributed by atoms with Crippen molar-refractivity contribution in [3.63, 3.8) is 0 Å². The molecule has 3 nitrogen and oxygen atoms in total. The minimum absolute atomic E-state index is 0.232. The summed E-state index contributed by atoms with van der Waals surface area (Å²) in [5.41, 5.74) is 2.03. The Morgan fingerprint density at radius 1 is 1.44 bits per heavy atom. The van der Waals surface area contributed by atoms with Crippen molar-refractivity contribution < 1.29 is 9.90 Å². The van der Waals surface area contributed by atoms with Crippen molar-refractivity contribution in [1.82, 2.24) is 0 Å². The number of carbonyl (C=O) groups is 1. The first kappa shape index (κ1) is 12.8. The molecule has 1 aromatic rings. The Balaban J connectivity index is 2.27. The van der Waals surface area contributed by atoms with E-state index in [1.165, 1.54) is 0 Å². The van der Waals surface area contributed by atoms with E-state index < -0.39 is 5.97 Å². The zero-order valence-electron chi connectivity index (χ0n) is 9.29. The van der Waals surface area contributed by atoms with Crippen LogP contribution in [0.4, 0.5) is 5.69 Å². The van der Waals surface area contributed by atoms with Gasteiger partial charge in [-0.1, -0.05) is 17.7 Å². The lowest BCUT2D eigenvalue weighted by Gasteiger charge is -2.07. The molecule has 0 bridgehead atoms. The van der Waals surface area contributed by atoms with Gasteiger partial charge < -0.3 is 10.4 Å². The summed E-state index contributed by atoms with van der Waals surface area (Å²) in [6.07, 6.45) is 1.77. The van der Waals surface area contributed by atoms with Gasteiger partial charge in [0, 0.05) is 23.7 Å². The maximum absolute atomic E-state index is 10.3. The number of carboxylic acid groups (broad SMARTS) is 1. The average molecular weight is 242 g/mol. The van der Waals surface area contributed by atoms with Gasteiger partial charge in [-0.25, -0.2) is 0 Å². The number of unbranched alkanes of at least 4 members (excludes halogenated alkanes) is 1. The second-order valence-electron chi connectivity index (χ2n) is 3.74. The first-order valence-corrected chi connectivity index (χ1v) is 5.69. The molecule has 0 aliphatic heterocycles. The van der Waals surface area contributed by atoms with Gasteiger partial charge in [0.2, 0.25) is 0 Å². The zero-order valence-corrected chi connectivity index (χ0v) is 10.0. The third kappa shape index (κ3) is 4.53. The molecule has 0 fully saturated rings. The number of hydrogen-bond donors (Lipinski definition) is 2. The molecule has 1 rings (SSSR count). The second kappa shape index (κ2) is 6.38. The number of aliphatic carboxylic acids is 1. The van der Waals surface area contributed by atoms with Crippen molar-refractivity contribution >= 4 is 23.3 Å². The highest BCUT2D eigenvalue weighted by Gasteiger charge is 1.98. The predicted octanol–water partition coefficient (Wildman–Crippen LogP) is 3.32. The summed E-state index contributed by atoms with van der Waals surface area (Å²) in [4.78, 5) is 10.3. The van der Waals surface area contributed by atoms with Crippen LogP contribution >= 0.6 is 11.6 Å². The standard InChI is InChI=1S/C12H16ClNO2/c1-9-5-6-10(8-11(9)13)14-7-3-2-4-12(15)16/h5-6,8,14H,2-4,7H2,1H3,(H,15,16). The Hall–Kier alpha value is -1.22. The van der Waals surface area contributed by atoms with Crippen molar-refractivity contribution in [3.05, 3.63) is 28.8 Å². The van der Waals surface area contributed by atoms with Gasteiger partial charge >= 0.3 is 5.97 Å². The quantitative estimate of drug-likeness (QED) is 0.752. The SMILES string of the molecule is Cc1ccc(NCCCCC(=O)O)cc1Cl. The lowest BCUT2D eigenvalue weighted by atomic mass is 10.2. The smallest absolute Gasteiger partial charge is 0.303 e. The summed E-state index contributed by atoms with van der Waals surface area (Å²) < 4.78 is 0. The summed E-state index contributed by atoms with van der Waals surface area (Å²) in [7, 11) is 0. The van der Waals surface area contributed by atoms with Crippen molar-refractivity contribution in [1.29, 1.82) is 0 Å². The fourth-order valence-electron chi connectivity index (χ4n) is 1.34. The number of benzene rings is 1. The lowest BCUT2D eigenvalue weighted by molar-refractivity contribution is -0.137. The van der Waals surface area contributed by atoms with Gasteiger partial charge in [-0.05, 0) is 37.5 Å². The lowest BCUT2D eigenvalue weighted by Crippen LogP contribution is -2.03. The molecule has 0 aromatic heterocycles. The molecule has 0 aliphatic rings. The van der Waals surface area contributed by atoms with Crippen LogP contribution in [0.5, 0.6) is 0 Å². The minimum Gasteiger partial charge on any atom is -0.481 e. The normalized spacial score (nSPS) is 10.1. The molecule has 0 heterocycles. The van der Waals surface area contributed by atoms with Crippen LogP contribution in [0.1, 0.15) is 24.8 Å². The van der Waals surface area contributed by atoms with Crippen molar-refractivity contribution in [2.75, 3.05) is 11.9 Å². The Bertz CT molecular complexity index is 366. The second-order valence-corrected chi connectivity index (χ2v) is 4.15. The molecule has 0 radical (unpaired) electrons. The van der Waals surface area contributed by atoms with E-state index in [1.54, 1.807) is 0 Å². The molecule has 0 aliphatic carbocycles. The van der Waals surface area contributed by atoms with Gasteiger partial charge in [-0.2, -0.15) is 0 Å². The van der Waals surface area contributed by atoms with Gasteiger partial charge in [0.1, 0.15) is 0 Å². The van der Waals surface area contributed by atoms with Crippen LogP contribution in [0, 0.1) is 6.92 Å². The number of rotatable bonds is 6. The summed E-state index contributed by atoms with van der Waals surface area (Å²) >= 11 is 5.98. The van der Waals surface area contributed by atoms with E-state index in [9.17, 15) is 4.79 Å². The molecule has 4 heteroatoms. The summed E-state index contributed by atoms with van der Waals surface area (Å²) in [5.74, 6) is -0.738. The Labute approximate surface area is 100 Å². The largest absolute Gasteiger partial charge is 0.481 e. The Morgan fingerprint density at radius 2 is 2.19 bits per heavy atom. The van der Waals surface area contributed by atoms with Crippen LogP contribution in [0.3, 0.4) is 0 Å². The van der Waals surface area contributed by atoms with Gasteiger partial charge in [0.25, 0.3) is 0 Å². The van der Waals surface area contributed by atoms with Crippen LogP contribution in [0.25, 0.3) is 0 Å². The zero-order chi connectivity index (χ0) is 12.0. The minimum atomic E-state index is -0.738. The van der Waals surface area contributed by atoms with E-state index in [1.807, 2.05) is 25.1 Å². The Kier molecular flexibility index (Phi) is 5.12. The number of hydrogen-bond acceptors (Lipinski definition) is 2. The van der Waals surface area contributed by atoms with Gasteiger partial charge in [0.15, 0.2) is 0 Å².